The monoisotopic (exact) mass is 852 g/mol. The van der Waals surface area contributed by atoms with Crippen molar-refractivity contribution in [3.05, 3.63) is 151 Å². The highest BCUT2D eigenvalue weighted by molar-refractivity contribution is 6.40. The minimum absolute atomic E-state index is 0.0684. The number of amides is 2. The summed E-state index contributed by atoms with van der Waals surface area (Å²) in [5.41, 5.74) is 6.56. The number of ether oxygens (including phenoxy) is 3. The van der Waals surface area contributed by atoms with E-state index in [1.165, 1.54) is 30.4 Å². The first-order valence-corrected chi connectivity index (χ1v) is 19.5. The van der Waals surface area contributed by atoms with Crippen LogP contribution in [0.2, 0.25) is 20.1 Å². The van der Waals surface area contributed by atoms with Crippen molar-refractivity contribution in [3.8, 4) is 0 Å². The number of hydrogen-bond donors (Lipinski definition) is 3. The Morgan fingerprint density at radius 1 is 0.632 bits per heavy atom. The topological polar surface area (TPSA) is 140 Å². The smallest absolute Gasteiger partial charge is 0.328 e. The van der Waals surface area contributed by atoms with Crippen LogP contribution in [0.4, 0.5) is 0 Å². The van der Waals surface area contributed by atoms with Gasteiger partial charge >= 0.3 is 11.9 Å². The van der Waals surface area contributed by atoms with E-state index in [1.807, 2.05) is 54.6 Å². The highest BCUT2D eigenvalue weighted by Crippen LogP contribution is 2.27. The Bertz CT molecular complexity index is 2100. The zero-order valence-electron chi connectivity index (χ0n) is 30.9. The van der Waals surface area contributed by atoms with Crippen molar-refractivity contribution in [2.75, 3.05) is 33.5 Å². The molecule has 2 heterocycles. The SMILES string of the molecule is COC(=O)[C@H](Cc1ccc(C2=CCOCC2)cc1)NC(=O)c1c(Cl)cccc1Cl.O=C(N[C@@H](Cc1ccc(C2=CCOCC2)cc1)C(=O)O)c1c(Cl)cccc1Cl. The maximum atomic E-state index is 12.7. The molecule has 4 aromatic rings. The number of benzene rings is 4. The van der Waals surface area contributed by atoms with Gasteiger partial charge < -0.3 is 30.0 Å². The summed E-state index contributed by atoms with van der Waals surface area (Å²) >= 11 is 24.3. The largest absolute Gasteiger partial charge is 0.480 e. The van der Waals surface area contributed by atoms with Crippen LogP contribution in [-0.2, 0) is 36.6 Å². The van der Waals surface area contributed by atoms with Gasteiger partial charge in [0.05, 0.1) is 64.8 Å². The molecular weight excluding hydrogens is 814 g/mol. The lowest BCUT2D eigenvalue weighted by molar-refractivity contribution is -0.143. The average Bonchev–Trinajstić information content (AvgIpc) is 3.21. The first-order chi connectivity index (χ1) is 27.4. The van der Waals surface area contributed by atoms with Gasteiger partial charge in [-0.15, -0.1) is 0 Å². The van der Waals surface area contributed by atoms with Crippen molar-refractivity contribution in [3.63, 3.8) is 0 Å². The van der Waals surface area contributed by atoms with Gasteiger partial charge in [-0.25, -0.2) is 9.59 Å². The second-order valence-corrected chi connectivity index (χ2v) is 14.6. The van der Waals surface area contributed by atoms with Crippen LogP contribution >= 0.6 is 46.4 Å². The van der Waals surface area contributed by atoms with E-state index in [-0.39, 0.29) is 44.1 Å². The van der Waals surface area contributed by atoms with Crippen LogP contribution in [0, 0.1) is 0 Å². The number of carbonyl (C=O) groups excluding carboxylic acids is 3. The number of esters is 1. The van der Waals surface area contributed by atoms with Gasteiger partial charge in [-0.05, 0) is 70.5 Å². The molecule has 2 atom stereocenters. The lowest BCUT2D eigenvalue weighted by Gasteiger charge is -2.18. The van der Waals surface area contributed by atoms with Gasteiger partial charge in [-0.2, -0.15) is 0 Å². The number of aliphatic carboxylic acids is 1. The van der Waals surface area contributed by atoms with E-state index in [4.69, 9.17) is 60.6 Å². The van der Waals surface area contributed by atoms with Crippen molar-refractivity contribution in [1.29, 1.82) is 0 Å². The van der Waals surface area contributed by atoms with E-state index in [1.54, 1.807) is 24.3 Å². The molecule has 0 spiro atoms. The number of carboxylic acid groups (broad SMARTS) is 1. The molecular formula is C43H40Cl4N2O8. The quantitative estimate of drug-likeness (QED) is 0.121. The zero-order valence-corrected chi connectivity index (χ0v) is 33.9. The minimum Gasteiger partial charge on any atom is -0.480 e. The number of carbonyl (C=O) groups is 4. The van der Waals surface area contributed by atoms with Crippen molar-refractivity contribution in [2.45, 2.75) is 37.8 Å². The fourth-order valence-electron chi connectivity index (χ4n) is 6.19. The maximum Gasteiger partial charge on any atom is 0.328 e. The van der Waals surface area contributed by atoms with E-state index in [0.29, 0.717) is 26.4 Å². The fraction of sp³-hybridized carbons (Fsp3) is 0.256. The number of nitrogens with one attached hydrogen (secondary N) is 2. The first kappa shape index (κ1) is 43.4. The molecule has 2 aliphatic rings. The summed E-state index contributed by atoms with van der Waals surface area (Å²) < 4.78 is 15.5. The Hall–Kier alpha value is -4.68. The molecule has 6 rings (SSSR count). The van der Waals surface area contributed by atoms with Crippen molar-refractivity contribution >= 4 is 81.3 Å². The summed E-state index contributed by atoms with van der Waals surface area (Å²) in [6, 6.07) is 23.0. The zero-order chi connectivity index (χ0) is 40.9. The maximum absolute atomic E-state index is 12.7. The molecule has 0 aromatic heterocycles. The molecule has 0 unspecified atom stereocenters. The molecule has 0 bridgehead atoms. The predicted molar refractivity (Wildman–Crippen MR) is 222 cm³/mol. The van der Waals surface area contributed by atoms with Crippen LogP contribution in [0.25, 0.3) is 11.1 Å². The Morgan fingerprint density at radius 3 is 1.37 bits per heavy atom. The Kier molecular flexibility index (Phi) is 16.1. The molecule has 0 saturated heterocycles. The molecule has 298 valence electrons. The number of halogens is 4. The molecule has 14 heteroatoms. The third kappa shape index (κ3) is 12.2. The van der Waals surface area contributed by atoms with E-state index < -0.39 is 35.8 Å². The standard InChI is InChI=1S/C22H21Cl2NO4.C21H19Cl2NO4/c1-28-22(27)19(25-21(26)20-17(23)3-2-4-18(20)24)13-14-5-7-15(8-6-14)16-9-11-29-12-10-16;22-16-2-1-3-17(23)19(16)20(25)24-18(21(26)27)12-13-4-6-14(7-5-13)15-8-10-28-11-9-15/h2-9,19H,10-13H2,1H3,(H,25,26);1-8,18H,9-12H2,(H,24,25)(H,26,27)/t19-;18-/m00/s1. The molecule has 10 nitrogen and oxygen atoms in total. The lowest BCUT2D eigenvalue weighted by atomic mass is 9.98. The van der Waals surface area contributed by atoms with Crippen LogP contribution in [-0.4, -0.2) is 74.5 Å². The van der Waals surface area contributed by atoms with Crippen LogP contribution in [0.1, 0.15) is 55.8 Å². The normalized spacial score (nSPS) is 14.8. The number of methoxy groups -OCH3 is 1. The summed E-state index contributed by atoms with van der Waals surface area (Å²) in [6.45, 7) is 2.65. The molecule has 2 amide bonds. The number of hydrogen-bond acceptors (Lipinski definition) is 7. The van der Waals surface area contributed by atoms with Crippen molar-refractivity contribution in [2.24, 2.45) is 0 Å². The summed E-state index contributed by atoms with van der Waals surface area (Å²) in [7, 11) is 1.28. The molecule has 0 fully saturated rings. The third-order valence-electron chi connectivity index (χ3n) is 9.23. The molecule has 3 N–H and O–H groups in total. The molecule has 57 heavy (non-hydrogen) atoms. The first-order valence-electron chi connectivity index (χ1n) is 18.0. The lowest BCUT2D eigenvalue weighted by Crippen LogP contribution is -2.43. The molecule has 4 aromatic carbocycles. The van der Waals surface area contributed by atoms with Crippen LogP contribution in [0.5, 0.6) is 0 Å². The Morgan fingerprint density at radius 2 is 1.02 bits per heavy atom. The third-order valence-corrected chi connectivity index (χ3v) is 10.5. The van der Waals surface area contributed by atoms with Gasteiger partial charge in [-0.3, -0.25) is 9.59 Å². The van der Waals surface area contributed by atoms with Gasteiger partial charge in [0.1, 0.15) is 12.1 Å². The van der Waals surface area contributed by atoms with Crippen LogP contribution in [0.3, 0.4) is 0 Å². The van der Waals surface area contributed by atoms with Gasteiger partial charge in [0.25, 0.3) is 11.8 Å². The fourth-order valence-corrected chi connectivity index (χ4v) is 7.32. The Balaban J connectivity index is 0.000000218. The van der Waals surface area contributed by atoms with Gasteiger partial charge in [-0.1, -0.05) is 119 Å². The second-order valence-electron chi connectivity index (χ2n) is 13.0. The predicted octanol–water partition coefficient (Wildman–Crippen LogP) is 8.53. The molecule has 2 aliphatic heterocycles. The van der Waals surface area contributed by atoms with Crippen molar-refractivity contribution < 1.29 is 38.5 Å². The van der Waals surface area contributed by atoms with Gasteiger partial charge in [0.15, 0.2) is 0 Å². The van der Waals surface area contributed by atoms with Gasteiger partial charge in [0.2, 0.25) is 0 Å². The van der Waals surface area contributed by atoms with E-state index in [9.17, 15) is 24.3 Å². The summed E-state index contributed by atoms with van der Waals surface area (Å²) in [4.78, 5) is 49.0. The minimum atomic E-state index is -1.13. The van der Waals surface area contributed by atoms with Crippen molar-refractivity contribution in [1.82, 2.24) is 10.6 Å². The van der Waals surface area contributed by atoms with Crippen LogP contribution in [0.15, 0.2) is 97.1 Å². The second kappa shape index (κ2) is 21.2. The van der Waals surface area contributed by atoms with E-state index in [0.717, 1.165) is 35.1 Å². The highest BCUT2D eigenvalue weighted by atomic mass is 35.5. The Labute approximate surface area is 350 Å². The number of carboxylic acids is 1. The van der Waals surface area contributed by atoms with E-state index in [2.05, 4.69) is 16.7 Å². The van der Waals surface area contributed by atoms with Crippen LogP contribution < -0.4 is 10.6 Å². The summed E-state index contributed by atoms with van der Waals surface area (Å²) in [5, 5.41) is 15.5. The van der Waals surface area contributed by atoms with E-state index >= 15 is 0 Å². The van der Waals surface area contributed by atoms with Gasteiger partial charge in [0, 0.05) is 12.8 Å². The average molecular weight is 855 g/mol. The summed E-state index contributed by atoms with van der Waals surface area (Å²) in [6.07, 6.45) is 6.27. The molecule has 0 radical (unpaired) electrons. The molecule has 0 aliphatic carbocycles. The molecule has 0 saturated carbocycles. The summed E-state index contributed by atoms with van der Waals surface area (Å²) in [5.74, 6) is -2.82. The number of rotatable bonds is 12. The highest BCUT2D eigenvalue weighted by Gasteiger charge is 2.26.